The Balaban J connectivity index is 1.51. The highest BCUT2D eigenvalue weighted by Gasteiger charge is 2.13. The van der Waals surface area contributed by atoms with Gasteiger partial charge in [0.05, 0.1) is 0 Å². The minimum atomic E-state index is -0.510. The summed E-state index contributed by atoms with van der Waals surface area (Å²) >= 11 is 1.33. The first kappa shape index (κ1) is 24.9. The summed E-state index contributed by atoms with van der Waals surface area (Å²) in [7, 11) is 0. The SMILES string of the molecule is CCCCc1nnc(NC(=O)/C(C#N)=C\c2ccc(OCCOc3ccc(C)cc3C)cc2)s1. The van der Waals surface area contributed by atoms with Gasteiger partial charge in [-0.05, 0) is 55.7 Å². The Morgan fingerprint density at radius 1 is 1.12 bits per heavy atom. The second-order valence-corrected chi connectivity index (χ2v) is 8.83. The van der Waals surface area contributed by atoms with Crippen LogP contribution in [0.5, 0.6) is 11.5 Å². The van der Waals surface area contributed by atoms with Gasteiger partial charge in [-0.25, -0.2) is 0 Å². The van der Waals surface area contributed by atoms with Crippen molar-refractivity contribution < 1.29 is 14.3 Å². The van der Waals surface area contributed by atoms with Gasteiger partial charge in [-0.2, -0.15) is 5.26 Å². The molecule has 3 aromatic rings. The minimum Gasteiger partial charge on any atom is -0.490 e. The van der Waals surface area contributed by atoms with Crippen molar-refractivity contribution in [1.82, 2.24) is 10.2 Å². The molecule has 0 saturated heterocycles. The highest BCUT2D eigenvalue weighted by Crippen LogP contribution is 2.20. The van der Waals surface area contributed by atoms with Crippen molar-refractivity contribution in [3.63, 3.8) is 0 Å². The zero-order chi connectivity index (χ0) is 24.3. The fraction of sp³-hybridized carbons (Fsp3) is 0.308. The smallest absolute Gasteiger partial charge is 0.268 e. The normalized spacial score (nSPS) is 11.1. The number of amides is 1. The number of aromatic nitrogens is 2. The van der Waals surface area contributed by atoms with Gasteiger partial charge >= 0.3 is 0 Å². The Kier molecular flexibility index (Phi) is 9.18. The van der Waals surface area contributed by atoms with Crippen LogP contribution in [0.2, 0.25) is 0 Å². The van der Waals surface area contributed by atoms with E-state index < -0.39 is 5.91 Å². The molecule has 0 unspecified atom stereocenters. The largest absolute Gasteiger partial charge is 0.490 e. The number of unbranched alkanes of at least 4 members (excludes halogenated alkanes) is 1. The molecule has 1 N–H and O–H groups in total. The summed E-state index contributed by atoms with van der Waals surface area (Å²) in [5, 5.41) is 21.4. The third kappa shape index (κ3) is 7.42. The number of carbonyl (C=O) groups excluding carboxylic acids is 1. The van der Waals surface area contributed by atoms with Gasteiger partial charge in [0.2, 0.25) is 5.13 Å². The van der Waals surface area contributed by atoms with Gasteiger partial charge in [0.15, 0.2) is 0 Å². The van der Waals surface area contributed by atoms with E-state index in [1.807, 2.05) is 32.0 Å². The summed E-state index contributed by atoms with van der Waals surface area (Å²) in [4.78, 5) is 12.5. The lowest BCUT2D eigenvalue weighted by atomic mass is 10.1. The molecule has 2 aromatic carbocycles. The molecule has 0 aliphatic carbocycles. The van der Waals surface area contributed by atoms with Crippen molar-refractivity contribution in [3.8, 4) is 17.6 Å². The quantitative estimate of drug-likeness (QED) is 0.223. The maximum Gasteiger partial charge on any atom is 0.268 e. The van der Waals surface area contributed by atoms with E-state index in [1.54, 1.807) is 24.3 Å². The van der Waals surface area contributed by atoms with Crippen LogP contribution in [0.3, 0.4) is 0 Å². The summed E-state index contributed by atoms with van der Waals surface area (Å²) in [6.07, 6.45) is 4.44. The maximum atomic E-state index is 12.5. The summed E-state index contributed by atoms with van der Waals surface area (Å²) in [6.45, 7) is 7.00. The maximum absolute atomic E-state index is 12.5. The fourth-order valence-corrected chi connectivity index (χ4v) is 3.92. The van der Waals surface area contributed by atoms with E-state index in [0.29, 0.717) is 29.7 Å². The molecule has 1 heterocycles. The number of rotatable bonds is 11. The van der Waals surface area contributed by atoms with Crippen molar-refractivity contribution in [1.29, 1.82) is 5.26 Å². The van der Waals surface area contributed by atoms with E-state index in [2.05, 4.69) is 28.5 Å². The highest BCUT2D eigenvalue weighted by molar-refractivity contribution is 7.15. The first-order chi connectivity index (χ1) is 16.5. The Hall–Kier alpha value is -3.70. The van der Waals surface area contributed by atoms with Gasteiger partial charge in [-0.15, -0.1) is 10.2 Å². The van der Waals surface area contributed by atoms with E-state index in [4.69, 9.17) is 9.47 Å². The van der Waals surface area contributed by atoms with Crippen molar-refractivity contribution in [3.05, 3.63) is 69.7 Å². The first-order valence-corrected chi connectivity index (χ1v) is 12.0. The Labute approximate surface area is 204 Å². The van der Waals surface area contributed by atoms with Crippen LogP contribution in [0.4, 0.5) is 5.13 Å². The van der Waals surface area contributed by atoms with Crippen LogP contribution >= 0.6 is 11.3 Å². The first-order valence-electron chi connectivity index (χ1n) is 11.2. The van der Waals surface area contributed by atoms with Crippen LogP contribution in [0.1, 0.15) is 41.5 Å². The molecule has 0 spiro atoms. The molecule has 8 heteroatoms. The van der Waals surface area contributed by atoms with Crippen LogP contribution in [0, 0.1) is 25.2 Å². The number of anilines is 1. The molecule has 1 amide bonds. The average Bonchev–Trinajstić information content (AvgIpc) is 3.28. The van der Waals surface area contributed by atoms with Crippen LogP contribution in [-0.4, -0.2) is 29.3 Å². The van der Waals surface area contributed by atoms with Crippen molar-refractivity contribution in [2.24, 2.45) is 0 Å². The van der Waals surface area contributed by atoms with E-state index in [-0.39, 0.29) is 5.57 Å². The number of hydrogen-bond acceptors (Lipinski definition) is 7. The number of benzene rings is 2. The summed E-state index contributed by atoms with van der Waals surface area (Å²) < 4.78 is 11.5. The van der Waals surface area contributed by atoms with Crippen molar-refractivity contribution in [2.45, 2.75) is 40.0 Å². The van der Waals surface area contributed by atoms with Crippen LogP contribution in [0.25, 0.3) is 6.08 Å². The van der Waals surface area contributed by atoms with Gasteiger partial charge in [0, 0.05) is 6.42 Å². The third-order valence-corrected chi connectivity index (χ3v) is 5.83. The monoisotopic (exact) mass is 476 g/mol. The Morgan fingerprint density at radius 2 is 1.88 bits per heavy atom. The molecule has 1 aromatic heterocycles. The zero-order valence-electron chi connectivity index (χ0n) is 19.6. The molecule has 0 saturated carbocycles. The summed E-state index contributed by atoms with van der Waals surface area (Å²) in [5.74, 6) is 1.02. The number of nitrogens with one attached hydrogen (secondary N) is 1. The number of nitrogens with zero attached hydrogens (tertiary/aromatic N) is 3. The molecule has 0 bridgehead atoms. The number of carbonyl (C=O) groups is 1. The van der Waals surface area contributed by atoms with E-state index >= 15 is 0 Å². The zero-order valence-corrected chi connectivity index (χ0v) is 20.4. The third-order valence-electron chi connectivity index (χ3n) is 4.93. The molecule has 0 fully saturated rings. The predicted molar refractivity (Wildman–Crippen MR) is 134 cm³/mol. The van der Waals surface area contributed by atoms with Gasteiger partial charge in [0.1, 0.15) is 41.4 Å². The van der Waals surface area contributed by atoms with Crippen LogP contribution in [-0.2, 0) is 11.2 Å². The molecule has 0 aliphatic heterocycles. The second kappa shape index (κ2) is 12.5. The number of ether oxygens (including phenoxy) is 2. The molecule has 3 rings (SSSR count). The van der Waals surface area contributed by atoms with Crippen molar-refractivity contribution in [2.75, 3.05) is 18.5 Å². The van der Waals surface area contributed by atoms with Gasteiger partial charge < -0.3 is 9.47 Å². The molecule has 7 nitrogen and oxygen atoms in total. The van der Waals surface area contributed by atoms with Gasteiger partial charge in [-0.1, -0.05) is 54.5 Å². The standard InChI is InChI=1S/C26H28N4O3S/c1-4-5-6-24-29-30-26(34-24)28-25(31)21(17-27)16-20-8-10-22(11-9-20)32-13-14-33-23-12-7-18(2)15-19(23)3/h7-12,15-16H,4-6,13-14H2,1-3H3,(H,28,30,31)/b21-16-. The molecule has 0 atom stereocenters. The Morgan fingerprint density at radius 3 is 2.59 bits per heavy atom. The summed E-state index contributed by atoms with van der Waals surface area (Å²) in [5.41, 5.74) is 2.99. The average molecular weight is 477 g/mol. The van der Waals surface area contributed by atoms with E-state index in [1.165, 1.54) is 23.0 Å². The number of aryl methyl sites for hydroxylation is 3. The molecular formula is C26H28N4O3S. The topological polar surface area (TPSA) is 97.1 Å². The van der Waals surface area contributed by atoms with Gasteiger partial charge in [-0.3, -0.25) is 10.1 Å². The predicted octanol–water partition coefficient (Wildman–Crippen LogP) is 5.50. The second-order valence-electron chi connectivity index (χ2n) is 7.76. The number of nitriles is 1. The van der Waals surface area contributed by atoms with E-state index in [9.17, 15) is 10.1 Å². The lowest BCUT2D eigenvalue weighted by molar-refractivity contribution is -0.112. The molecule has 34 heavy (non-hydrogen) atoms. The highest BCUT2D eigenvalue weighted by atomic mass is 32.1. The molecule has 0 aliphatic rings. The van der Waals surface area contributed by atoms with Crippen molar-refractivity contribution >= 4 is 28.5 Å². The lowest BCUT2D eigenvalue weighted by Gasteiger charge is -2.11. The van der Waals surface area contributed by atoms with Crippen LogP contribution in [0.15, 0.2) is 48.0 Å². The summed E-state index contributed by atoms with van der Waals surface area (Å²) in [6, 6.07) is 15.2. The molecule has 0 radical (unpaired) electrons. The van der Waals surface area contributed by atoms with Crippen LogP contribution < -0.4 is 14.8 Å². The fourth-order valence-electron chi connectivity index (χ4n) is 3.15. The number of hydrogen-bond donors (Lipinski definition) is 1. The van der Waals surface area contributed by atoms with E-state index in [0.717, 1.165) is 35.6 Å². The minimum absolute atomic E-state index is 0.0131. The molecular weight excluding hydrogens is 448 g/mol. The Bertz CT molecular complexity index is 1180. The lowest BCUT2D eigenvalue weighted by Crippen LogP contribution is -2.13. The van der Waals surface area contributed by atoms with Gasteiger partial charge in [0.25, 0.3) is 5.91 Å². The molecule has 176 valence electrons.